The second-order valence-electron chi connectivity index (χ2n) is 7.82. The lowest BCUT2D eigenvalue weighted by Gasteiger charge is -2.19. The zero-order valence-corrected chi connectivity index (χ0v) is 14.9. The van der Waals surface area contributed by atoms with Gasteiger partial charge in [-0.2, -0.15) is 5.26 Å². The largest absolute Gasteiger partial charge is 0.299 e. The van der Waals surface area contributed by atoms with Crippen molar-refractivity contribution in [2.45, 2.75) is 48.0 Å². The van der Waals surface area contributed by atoms with E-state index in [2.05, 4.69) is 6.07 Å². The van der Waals surface area contributed by atoms with Gasteiger partial charge >= 0.3 is 0 Å². The molecule has 0 N–H and O–H groups in total. The van der Waals surface area contributed by atoms with Gasteiger partial charge < -0.3 is 0 Å². The maximum Gasteiger partial charge on any atom is 0.161 e. The molecule has 0 aromatic heterocycles. The van der Waals surface area contributed by atoms with Gasteiger partial charge in [0.25, 0.3) is 0 Å². The molecule has 3 nitrogen and oxygen atoms in total. The molecule has 0 atom stereocenters. The normalized spacial score (nSPS) is 12.7. The molecule has 0 saturated carbocycles. The van der Waals surface area contributed by atoms with Gasteiger partial charge in [0, 0.05) is 17.3 Å². The number of ketones is 2. The molecule has 0 aliphatic rings. The topological polar surface area (TPSA) is 57.9 Å². The summed E-state index contributed by atoms with van der Waals surface area (Å²) in [6.45, 7) is 11.2. The number of nitrogens with zero attached hydrogens (tertiary/aromatic N) is 1. The second kappa shape index (κ2) is 6.91. The Kier molecular flexibility index (Phi) is 5.66. The number of carbonyl (C=O) groups excluding carboxylic acids is 2. The van der Waals surface area contributed by atoms with Crippen molar-refractivity contribution in [2.75, 3.05) is 0 Å². The molecule has 1 aromatic carbocycles. The van der Waals surface area contributed by atoms with Gasteiger partial charge in [0.15, 0.2) is 5.78 Å². The highest BCUT2D eigenvalue weighted by atomic mass is 16.1. The predicted molar refractivity (Wildman–Crippen MR) is 92.7 cm³/mol. The Bertz CT molecular complexity index is 660. The molecule has 0 radical (unpaired) electrons. The summed E-state index contributed by atoms with van der Waals surface area (Å²) in [5.41, 5.74) is 1.10. The van der Waals surface area contributed by atoms with Crippen LogP contribution in [0.5, 0.6) is 0 Å². The van der Waals surface area contributed by atoms with E-state index in [1.807, 2.05) is 41.5 Å². The fraction of sp³-hybridized carbons (Fsp3) is 0.450. The van der Waals surface area contributed by atoms with E-state index in [-0.39, 0.29) is 18.0 Å². The summed E-state index contributed by atoms with van der Waals surface area (Å²) in [5, 5.41) is 8.90. The van der Waals surface area contributed by atoms with E-state index in [0.717, 1.165) is 5.56 Å². The zero-order valence-electron chi connectivity index (χ0n) is 14.9. The number of benzene rings is 1. The van der Waals surface area contributed by atoms with Crippen LogP contribution in [0.4, 0.5) is 0 Å². The summed E-state index contributed by atoms with van der Waals surface area (Å²) >= 11 is 0. The van der Waals surface area contributed by atoms with Crippen LogP contribution in [-0.4, -0.2) is 11.6 Å². The molecule has 0 aliphatic heterocycles. The van der Waals surface area contributed by atoms with E-state index in [1.54, 1.807) is 30.3 Å². The fourth-order valence-corrected chi connectivity index (χ4v) is 1.81. The minimum Gasteiger partial charge on any atom is -0.299 e. The molecule has 3 heteroatoms. The molecule has 0 amide bonds. The average Bonchev–Trinajstić information content (AvgIpc) is 2.44. The van der Waals surface area contributed by atoms with Crippen molar-refractivity contribution in [3.63, 3.8) is 0 Å². The molecule has 0 bridgehead atoms. The van der Waals surface area contributed by atoms with E-state index >= 15 is 0 Å². The third kappa shape index (κ3) is 5.49. The fourth-order valence-electron chi connectivity index (χ4n) is 1.81. The van der Waals surface area contributed by atoms with E-state index in [0.29, 0.717) is 11.1 Å². The maximum atomic E-state index is 12.4. The first kappa shape index (κ1) is 18.8. The first-order valence-corrected chi connectivity index (χ1v) is 7.74. The van der Waals surface area contributed by atoms with Gasteiger partial charge in [0.2, 0.25) is 0 Å². The number of hydrogen-bond donors (Lipinski definition) is 0. The van der Waals surface area contributed by atoms with E-state index < -0.39 is 10.8 Å². The lowest BCUT2D eigenvalue weighted by atomic mass is 9.83. The van der Waals surface area contributed by atoms with Gasteiger partial charge in [-0.15, -0.1) is 0 Å². The monoisotopic (exact) mass is 311 g/mol. The second-order valence-corrected chi connectivity index (χ2v) is 7.82. The summed E-state index contributed by atoms with van der Waals surface area (Å²) in [6.07, 6.45) is 1.78. The zero-order chi connectivity index (χ0) is 17.8. The third-order valence-corrected chi connectivity index (χ3v) is 3.62. The number of carbonyl (C=O) groups is 2. The Balaban J connectivity index is 3.26. The van der Waals surface area contributed by atoms with Crippen LogP contribution >= 0.6 is 0 Å². The smallest absolute Gasteiger partial charge is 0.161 e. The first-order valence-electron chi connectivity index (χ1n) is 7.74. The van der Waals surface area contributed by atoms with E-state index in [4.69, 9.17) is 5.26 Å². The van der Waals surface area contributed by atoms with Crippen molar-refractivity contribution in [3.05, 3.63) is 41.5 Å². The summed E-state index contributed by atoms with van der Waals surface area (Å²) in [4.78, 5) is 24.8. The number of allylic oxidation sites excluding steroid dienone is 2. The van der Waals surface area contributed by atoms with Crippen molar-refractivity contribution in [1.82, 2.24) is 0 Å². The standard InChI is InChI=1S/C20H25NO2/c1-19(2,3)17(22)11-16(12-18(23)20(4,5)6)15-9-7-14(13-21)8-10-15/h7-11H,12H2,1-6H3/b16-11+. The SMILES string of the molecule is CC(C)(C)C(=O)/C=C(\CC(=O)C(C)(C)C)c1ccc(C#N)cc1. The molecular weight excluding hydrogens is 286 g/mol. The lowest BCUT2D eigenvalue weighted by molar-refractivity contribution is -0.125. The van der Waals surface area contributed by atoms with Crippen LogP contribution in [0.2, 0.25) is 0 Å². The maximum absolute atomic E-state index is 12.4. The van der Waals surface area contributed by atoms with Gasteiger partial charge in [-0.05, 0) is 29.3 Å². The van der Waals surface area contributed by atoms with Gasteiger partial charge in [-0.1, -0.05) is 53.7 Å². The molecule has 0 spiro atoms. The Labute approximate surface area is 139 Å². The third-order valence-electron chi connectivity index (χ3n) is 3.62. The van der Waals surface area contributed by atoms with Gasteiger partial charge in [-0.3, -0.25) is 9.59 Å². The molecule has 122 valence electrons. The van der Waals surface area contributed by atoms with Crippen LogP contribution in [0.1, 0.15) is 59.1 Å². The lowest BCUT2D eigenvalue weighted by Crippen LogP contribution is -2.21. The number of rotatable bonds is 4. The van der Waals surface area contributed by atoms with Crippen molar-refractivity contribution >= 4 is 17.1 Å². The number of hydrogen-bond acceptors (Lipinski definition) is 3. The molecule has 0 saturated heterocycles. The summed E-state index contributed by atoms with van der Waals surface area (Å²) < 4.78 is 0. The van der Waals surface area contributed by atoms with Gasteiger partial charge in [-0.25, -0.2) is 0 Å². The van der Waals surface area contributed by atoms with Crippen LogP contribution in [-0.2, 0) is 9.59 Å². The molecule has 23 heavy (non-hydrogen) atoms. The van der Waals surface area contributed by atoms with Crippen LogP contribution < -0.4 is 0 Å². The Morgan fingerprint density at radius 3 is 1.91 bits per heavy atom. The minimum absolute atomic E-state index is 0.0152. The highest BCUT2D eigenvalue weighted by molar-refractivity contribution is 6.04. The van der Waals surface area contributed by atoms with Crippen molar-refractivity contribution < 1.29 is 9.59 Å². The summed E-state index contributed by atoms with van der Waals surface area (Å²) in [6, 6.07) is 9.05. The Morgan fingerprint density at radius 1 is 1.00 bits per heavy atom. The highest BCUT2D eigenvalue weighted by Gasteiger charge is 2.25. The molecule has 0 fully saturated rings. The minimum atomic E-state index is -0.497. The molecule has 1 rings (SSSR count). The van der Waals surface area contributed by atoms with Crippen molar-refractivity contribution in [2.24, 2.45) is 10.8 Å². The van der Waals surface area contributed by atoms with E-state index in [1.165, 1.54) is 0 Å². The van der Waals surface area contributed by atoms with Crippen LogP contribution in [0.3, 0.4) is 0 Å². The van der Waals surface area contributed by atoms with Gasteiger partial charge in [0.05, 0.1) is 11.6 Å². The summed E-state index contributed by atoms with van der Waals surface area (Å²) in [5.74, 6) is 0.0633. The van der Waals surface area contributed by atoms with Crippen LogP contribution in [0.15, 0.2) is 30.3 Å². The Hall–Kier alpha value is -2.21. The van der Waals surface area contributed by atoms with E-state index in [9.17, 15) is 9.59 Å². The first-order chi connectivity index (χ1) is 10.4. The molecule has 0 aliphatic carbocycles. The predicted octanol–water partition coefficient (Wildman–Crippen LogP) is 4.56. The highest BCUT2D eigenvalue weighted by Crippen LogP contribution is 2.27. The van der Waals surface area contributed by atoms with Crippen molar-refractivity contribution in [3.8, 4) is 6.07 Å². The van der Waals surface area contributed by atoms with Crippen LogP contribution in [0, 0.1) is 22.2 Å². The average molecular weight is 311 g/mol. The molecular formula is C20H25NO2. The van der Waals surface area contributed by atoms with Crippen LogP contribution in [0.25, 0.3) is 5.57 Å². The summed E-state index contributed by atoms with van der Waals surface area (Å²) in [7, 11) is 0. The number of Topliss-reactive ketones (excluding diaryl/α,β-unsaturated/α-hetero) is 1. The van der Waals surface area contributed by atoms with Gasteiger partial charge in [0.1, 0.15) is 5.78 Å². The molecule has 1 aromatic rings. The molecule has 0 unspecified atom stereocenters. The van der Waals surface area contributed by atoms with Crippen molar-refractivity contribution in [1.29, 1.82) is 5.26 Å². The quantitative estimate of drug-likeness (QED) is 0.766. The Morgan fingerprint density at radius 2 is 1.52 bits per heavy atom. The number of nitriles is 1. The molecule has 0 heterocycles.